The third kappa shape index (κ3) is 2.78. The van der Waals surface area contributed by atoms with Gasteiger partial charge in [0.2, 0.25) is 0 Å². The van der Waals surface area contributed by atoms with Crippen LogP contribution in [0.3, 0.4) is 0 Å². The zero-order chi connectivity index (χ0) is 14.5. The molecule has 0 aromatic rings. The third-order valence-electron chi connectivity index (χ3n) is 5.95. The molecule has 0 saturated heterocycles. The first-order valence-corrected chi connectivity index (χ1v) is 7.89. The fourth-order valence-electron chi connectivity index (χ4n) is 5.20. The van der Waals surface area contributed by atoms with Crippen LogP contribution in [0.25, 0.3) is 0 Å². The minimum absolute atomic E-state index is 0.398. The van der Waals surface area contributed by atoms with Gasteiger partial charge in [0.15, 0.2) is 0 Å². The summed E-state index contributed by atoms with van der Waals surface area (Å²) < 4.78 is 0. The molecule has 1 rings (SSSR count). The molecule has 0 spiro atoms. The molecule has 0 aliphatic heterocycles. The summed E-state index contributed by atoms with van der Waals surface area (Å²) in [6.45, 7) is 24.6. The molecule has 0 radical (unpaired) electrons. The van der Waals surface area contributed by atoms with Gasteiger partial charge in [-0.05, 0) is 46.3 Å². The van der Waals surface area contributed by atoms with Crippen LogP contribution in [0.1, 0.15) is 69.2 Å². The second-order valence-electron chi connectivity index (χ2n) is 9.22. The Kier molecular flexibility index (Phi) is 4.31. The Balaban J connectivity index is 3.16. The van der Waals surface area contributed by atoms with E-state index in [9.17, 15) is 0 Å². The van der Waals surface area contributed by atoms with Crippen molar-refractivity contribution in [1.82, 2.24) is 0 Å². The van der Waals surface area contributed by atoms with Gasteiger partial charge in [-0.15, -0.1) is 0 Å². The van der Waals surface area contributed by atoms with E-state index in [1.807, 2.05) is 0 Å². The molecule has 0 heteroatoms. The van der Waals surface area contributed by atoms with E-state index >= 15 is 0 Å². The lowest BCUT2D eigenvalue weighted by molar-refractivity contribution is 0.00613. The van der Waals surface area contributed by atoms with Crippen molar-refractivity contribution < 1.29 is 0 Å². The van der Waals surface area contributed by atoms with Crippen LogP contribution in [0.4, 0.5) is 0 Å². The van der Waals surface area contributed by atoms with E-state index in [1.54, 1.807) is 0 Å². The van der Waals surface area contributed by atoms with Crippen molar-refractivity contribution in [1.29, 1.82) is 0 Å². The van der Waals surface area contributed by atoms with Crippen molar-refractivity contribution in [3.63, 3.8) is 0 Å². The lowest BCUT2D eigenvalue weighted by Gasteiger charge is -2.48. The van der Waals surface area contributed by atoms with Gasteiger partial charge in [0.1, 0.15) is 0 Å². The van der Waals surface area contributed by atoms with E-state index in [0.29, 0.717) is 10.8 Å². The molecule has 4 unspecified atom stereocenters. The first kappa shape index (κ1) is 16.1. The van der Waals surface area contributed by atoms with Gasteiger partial charge >= 0.3 is 0 Å². The molecule has 1 fully saturated rings. The summed E-state index contributed by atoms with van der Waals surface area (Å²) in [5.74, 6) is 5.13. The molecule has 0 nitrogen and oxygen atoms in total. The summed E-state index contributed by atoms with van der Waals surface area (Å²) in [7, 11) is 0. The molecule has 0 bridgehead atoms. The van der Waals surface area contributed by atoms with Crippen LogP contribution in [0, 0.1) is 46.3 Å². The summed E-state index contributed by atoms with van der Waals surface area (Å²) in [5, 5.41) is 0. The molecule has 0 aromatic carbocycles. The van der Waals surface area contributed by atoms with Crippen LogP contribution >= 0.6 is 0 Å². The Morgan fingerprint density at radius 3 is 1.06 bits per heavy atom. The molecule has 18 heavy (non-hydrogen) atoms. The van der Waals surface area contributed by atoms with E-state index in [-0.39, 0.29) is 0 Å². The highest BCUT2D eigenvalue weighted by atomic mass is 14.6. The van der Waals surface area contributed by atoms with E-state index in [2.05, 4.69) is 69.2 Å². The quantitative estimate of drug-likeness (QED) is 0.547. The number of hydrogen-bond donors (Lipinski definition) is 0. The minimum Gasteiger partial charge on any atom is -0.0620 e. The maximum absolute atomic E-state index is 2.50. The van der Waals surface area contributed by atoms with Crippen molar-refractivity contribution >= 4 is 0 Å². The van der Waals surface area contributed by atoms with Crippen molar-refractivity contribution in [2.24, 2.45) is 46.3 Å². The highest BCUT2D eigenvalue weighted by molar-refractivity contribution is 4.99. The first-order valence-electron chi connectivity index (χ1n) is 7.89. The van der Waals surface area contributed by atoms with Crippen molar-refractivity contribution in [3.8, 4) is 0 Å². The number of rotatable bonds is 1. The molecule has 0 heterocycles. The lowest BCUT2D eigenvalue weighted by Crippen LogP contribution is -2.41. The molecule has 0 amide bonds. The van der Waals surface area contributed by atoms with Gasteiger partial charge < -0.3 is 0 Å². The minimum atomic E-state index is 0.398. The summed E-state index contributed by atoms with van der Waals surface area (Å²) in [5.41, 5.74) is 0.796. The topological polar surface area (TPSA) is 0 Å². The van der Waals surface area contributed by atoms with Gasteiger partial charge in [0, 0.05) is 0 Å². The van der Waals surface area contributed by atoms with Crippen LogP contribution in [-0.2, 0) is 0 Å². The standard InChI is InChI=1S/C18H36/c1-11-12(2)14(4)15(13(11)3)16(17(5,6)7)18(8,9)10/h11-16H,1-10H3. The molecule has 1 aliphatic carbocycles. The largest absolute Gasteiger partial charge is 0.0620 e. The molecule has 4 atom stereocenters. The molecule has 1 aliphatic rings. The van der Waals surface area contributed by atoms with Crippen LogP contribution in [0.2, 0.25) is 0 Å². The molecule has 108 valence electrons. The van der Waals surface area contributed by atoms with E-state index in [4.69, 9.17) is 0 Å². The summed E-state index contributed by atoms with van der Waals surface area (Å²) in [6.07, 6.45) is 0. The van der Waals surface area contributed by atoms with E-state index < -0.39 is 0 Å². The van der Waals surface area contributed by atoms with Crippen LogP contribution < -0.4 is 0 Å². The van der Waals surface area contributed by atoms with Crippen LogP contribution in [0.15, 0.2) is 0 Å². The fourth-order valence-corrected chi connectivity index (χ4v) is 5.20. The van der Waals surface area contributed by atoms with Gasteiger partial charge in [-0.3, -0.25) is 0 Å². The highest BCUT2D eigenvalue weighted by Gasteiger charge is 2.51. The third-order valence-corrected chi connectivity index (χ3v) is 5.95. The average Bonchev–Trinajstić information content (AvgIpc) is 2.31. The lowest BCUT2D eigenvalue weighted by atomic mass is 9.57. The summed E-state index contributed by atoms with van der Waals surface area (Å²) in [4.78, 5) is 0. The van der Waals surface area contributed by atoms with Crippen molar-refractivity contribution in [3.05, 3.63) is 0 Å². The zero-order valence-electron chi connectivity index (χ0n) is 14.5. The predicted octanol–water partition coefficient (Wildman–Crippen LogP) is 5.87. The average molecular weight is 252 g/mol. The van der Waals surface area contributed by atoms with Crippen molar-refractivity contribution in [2.75, 3.05) is 0 Å². The van der Waals surface area contributed by atoms with Gasteiger partial charge in [-0.1, -0.05) is 69.2 Å². The normalized spacial score (nSPS) is 38.5. The smallest absolute Gasteiger partial charge is 0.0283 e. The maximum atomic E-state index is 2.50. The van der Waals surface area contributed by atoms with Crippen molar-refractivity contribution in [2.45, 2.75) is 69.2 Å². The Morgan fingerprint density at radius 2 is 0.833 bits per heavy atom. The Hall–Kier alpha value is 0. The Bertz CT molecular complexity index is 247. The van der Waals surface area contributed by atoms with E-state index in [0.717, 1.165) is 35.5 Å². The molecule has 1 saturated carbocycles. The van der Waals surface area contributed by atoms with Crippen LogP contribution in [0.5, 0.6) is 0 Å². The molecule has 0 N–H and O–H groups in total. The second kappa shape index (κ2) is 4.84. The fraction of sp³-hybridized carbons (Fsp3) is 1.00. The van der Waals surface area contributed by atoms with Crippen LogP contribution in [-0.4, -0.2) is 0 Å². The van der Waals surface area contributed by atoms with Gasteiger partial charge in [0.05, 0.1) is 0 Å². The highest BCUT2D eigenvalue weighted by Crippen LogP contribution is 2.57. The van der Waals surface area contributed by atoms with Gasteiger partial charge in [0.25, 0.3) is 0 Å². The summed E-state index contributed by atoms with van der Waals surface area (Å²) >= 11 is 0. The van der Waals surface area contributed by atoms with Gasteiger partial charge in [-0.25, -0.2) is 0 Å². The monoisotopic (exact) mass is 252 g/mol. The molecular weight excluding hydrogens is 216 g/mol. The first-order chi connectivity index (χ1) is 7.89. The van der Waals surface area contributed by atoms with E-state index in [1.165, 1.54) is 0 Å². The predicted molar refractivity (Wildman–Crippen MR) is 82.5 cm³/mol. The molecule has 0 aromatic heterocycles. The second-order valence-corrected chi connectivity index (χ2v) is 9.22. The SMILES string of the molecule is CC1C(C)C(C)C(C(C(C)(C)C)C(C)(C)C)C1C. The summed E-state index contributed by atoms with van der Waals surface area (Å²) in [6, 6.07) is 0. The Labute approximate surface area is 116 Å². The maximum Gasteiger partial charge on any atom is -0.0283 e. The van der Waals surface area contributed by atoms with Gasteiger partial charge in [-0.2, -0.15) is 0 Å². The molecular formula is C18H36. The Morgan fingerprint density at radius 1 is 0.556 bits per heavy atom. The zero-order valence-corrected chi connectivity index (χ0v) is 14.5. The number of hydrogen-bond acceptors (Lipinski definition) is 0.